The summed E-state index contributed by atoms with van der Waals surface area (Å²) in [5.74, 6) is -0.287. The Balaban J connectivity index is 2.24. The minimum Gasteiger partial charge on any atom is -0.462 e. The van der Waals surface area contributed by atoms with E-state index in [-0.39, 0.29) is 5.97 Å². The molecule has 0 radical (unpaired) electrons. The van der Waals surface area contributed by atoms with E-state index in [9.17, 15) is 4.79 Å². The summed E-state index contributed by atoms with van der Waals surface area (Å²) in [5, 5.41) is 0. The summed E-state index contributed by atoms with van der Waals surface area (Å²) in [7, 11) is 0. The predicted octanol–water partition coefficient (Wildman–Crippen LogP) is 5.45. The second kappa shape index (κ2) is 6.98. The number of carbonyl (C=O) groups is 1. The first-order valence-corrected chi connectivity index (χ1v) is 8.55. The van der Waals surface area contributed by atoms with Gasteiger partial charge >= 0.3 is 5.97 Å². The highest BCUT2D eigenvalue weighted by Gasteiger charge is 2.24. The highest BCUT2D eigenvalue weighted by Crippen LogP contribution is 2.37. The topological polar surface area (TPSA) is 42.1 Å². The van der Waals surface area contributed by atoms with Crippen molar-refractivity contribution in [2.24, 2.45) is 0 Å². The average molecular weight is 333 g/mol. The Bertz CT molecular complexity index is 887. The number of aromatic amines is 1. The number of H-pyrrole nitrogens is 1. The van der Waals surface area contributed by atoms with Crippen molar-refractivity contribution in [1.29, 1.82) is 0 Å². The van der Waals surface area contributed by atoms with Crippen LogP contribution in [0.1, 0.15) is 34.1 Å². The molecule has 0 amide bonds. The molecular formula is C22H23NO2. The van der Waals surface area contributed by atoms with Gasteiger partial charge in [-0.05, 0) is 38.8 Å². The number of esters is 1. The van der Waals surface area contributed by atoms with Gasteiger partial charge in [0.05, 0.1) is 17.9 Å². The first-order valence-electron chi connectivity index (χ1n) is 8.55. The molecule has 0 fully saturated rings. The summed E-state index contributed by atoms with van der Waals surface area (Å²) in [6.07, 6.45) is 0. The number of ether oxygens (including phenoxy) is 1. The number of rotatable bonds is 4. The highest BCUT2D eigenvalue weighted by atomic mass is 16.5. The Kier molecular flexibility index (Phi) is 4.75. The standard InChI is InChI=1S/C22H23NO2/c1-5-25-22(24)19-16(4)23-21(18-12-8-15(3)9-13-18)20(19)17-10-6-14(2)7-11-17/h6-13,23H,5H2,1-4H3. The number of hydrogen-bond acceptors (Lipinski definition) is 2. The average Bonchev–Trinajstić information content (AvgIpc) is 2.94. The largest absolute Gasteiger partial charge is 0.462 e. The fourth-order valence-corrected chi connectivity index (χ4v) is 3.03. The molecule has 0 saturated carbocycles. The van der Waals surface area contributed by atoms with E-state index in [2.05, 4.69) is 67.4 Å². The Morgan fingerprint density at radius 1 is 0.880 bits per heavy atom. The maximum atomic E-state index is 12.6. The van der Waals surface area contributed by atoms with Crippen molar-refractivity contribution >= 4 is 5.97 Å². The smallest absolute Gasteiger partial charge is 0.340 e. The zero-order valence-corrected chi connectivity index (χ0v) is 15.1. The van der Waals surface area contributed by atoms with E-state index < -0.39 is 0 Å². The lowest BCUT2D eigenvalue weighted by atomic mass is 9.96. The van der Waals surface area contributed by atoms with Crippen LogP contribution < -0.4 is 0 Å². The number of aromatic nitrogens is 1. The summed E-state index contributed by atoms with van der Waals surface area (Å²) in [5.41, 5.74) is 7.74. The first-order chi connectivity index (χ1) is 12.0. The monoisotopic (exact) mass is 333 g/mol. The molecule has 3 nitrogen and oxygen atoms in total. The molecule has 128 valence electrons. The summed E-state index contributed by atoms with van der Waals surface area (Å²) in [6.45, 7) is 8.22. The number of aryl methyl sites for hydroxylation is 3. The second-order valence-electron chi connectivity index (χ2n) is 6.33. The van der Waals surface area contributed by atoms with Gasteiger partial charge in [-0.25, -0.2) is 4.79 Å². The second-order valence-corrected chi connectivity index (χ2v) is 6.33. The Hall–Kier alpha value is -2.81. The lowest BCUT2D eigenvalue weighted by Crippen LogP contribution is -2.06. The van der Waals surface area contributed by atoms with Crippen LogP contribution in [0.4, 0.5) is 0 Å². The van der Waals surface area contributed by atoms with Gasteiger partial charge in [0.15, 0.2) is 0 Å². The zero-order chi connectivity index (χ0) is 18.0. The van der Waals surface area contributed by atoms with Crippen molar-refractivity contribution in [2.45, 2.75) is 27.7 Å². The third-order valence-corrected chi connectivity index (χ3v) is 4.35. The minimum atomic E-state index is -0.287. The van der Waals surface area contributed by atoms with Crippen LogP contribution in [0.15, 0.2) is 48.5 Å². The van der Waals surface area contributed by atoms with Gasteiger partial charge in [0, 0.05) is 11.3 Å². The van der Waals surface area contributed by atoms with Crippen LogP contribution in [0.3, 0.4) is 0 Å². The predicted molar refractivity (Wildman–Crippen MR) is 102 cm³/mol. The van der Waals surface area contributed by atoms with Crippen LogP contribution >= 0.6 is 0 Å². The number of hydrogen-bond donors (Lipinski definition) is 1. The van der Waals surface area contributed by atoms with Gasteiger partial charge in [0.2, 0.25) is 0 Å². The minimum absolute atomic E-state index is 0.287. The molecule has 0 aliphatic carbocycles. The van der Waals surface area contributed by atoms with Crippen LogP contribution in [0, 0.1) is 20.8 Å². The van der Waals surface area contributed by atoms with E-state index in [0.29, 0.717) is 12.2 Å². The van der Waals surface area contributed by atoms with Gasteiger partial charge in [-0.2, -0.15) is 0 Å². The lowest BCUT2D eigenvalue weighted by Gasteiger charge is -2.09. The first kappa shape index (κ1) is 17.0. The summed E-state index contributed by atoms with van der Waals surface area (Å²) in [6, 6.07) is 16.5. The molecule has 0 saturated heterocycles. The van der Waals surface area contributed by atoms with Crippen molar-refractivity contribution in [3.63, 3.8) is 0 Å². The maximum absolute atomic E-state index is 12.6. The third-order valence-electron chi connectivity index (χ3n) is 4.35. The molecule has 3 heteroatoms. The van der Waals surface area contributed by atoms with E-state index in [1.165, 1.54) is 11.1 Å². The number of benzene rings is 2. The van der Waals surface area contributed by atoms with Gasteiger partial charge in [-0.1, -0.05) is 59.7 Å². The molecule has 25 heavy (non-hydrogen) atoms. The Labute approximate surface area is 148 Å². The molecule has 1 heterocycles. The van der Waals surface area contributed by atoms with E-state index in [1.807, 2.05) is 13.8 Å². The molecule has 1 aromatic heterocycles. The van der Waals surface area contributed by atoms with Gasteiger partial charge in [0.1, 0.15) is 0 Å². The lowest BCUT2D eigenvalue weighted by molar-refractivity contribution is 0.0526. The third kappa shape index (κ3) is 3.36. The van der Waals surface area contributed by atoms with Crippen molar-refractivity contribution in [3.05, 3.63) is 70.9 Å². The molecule has 0 spiro atoms. The van der Waals surface area contributed by atoms with Crippen molar-refractivity contribution < 1.29 is 9.53 Å². The van der Waals surface area contributed by atoms with Gasteiger partial charge in [-0.15, -0.1) is 0 Å². The summed E-state index contributed by atoms with van der Waals surface area (Å²) in [4.78, 5) is 16.0. The quantitative estimate of drug-likeness (QED) is 0.645. The van der Waals surface area contributed by atoms with Crippen molar-refractivity contribution in [3.8, 4) is 22.4 Å². The van der Waals surface area contributed by atoms with Gasteiger partial charge < -0.3 is 9.72 Å². The number of carbonyl (C=O) groups excluding carboxylic acids is 1. The van der Waals surface area contributed by atoms with Crippen LogP contribution in [0.25, 0.3) is 22.4 Å². The van der Waals surface area contributed by atoms with E-state index in [0.717, 1.165) is 28.1 Å². The fourth-order valence-electron chi connectivity index (χ4n) is 3.03. The van der Waals surface area contributed by atoms with E-state index in [4.69, 9.17) is 4.74 Å². The van der Waals surface area contributed by atoms with Crippen LogP contribution in [-0.2, 0) is 4.74 Å². The Morgan fingerprint density at radius 3 is 1.92 bits per heavy atom. The normalized spacial score (nSPS) is 10.7. The molecule has 0 unspecified atom stereocenters. The van der Waals surface area contributed by atoms with Crippen LogP contribution in [0.2, 0.25) is 0 Å². The SMILES string of the molecule is CCOC(=O)c1c(C)[nH]c(-c2ccc(C)cc2)c1-c1ccc(C)cc1. The molecule has 1 N–H and O–H groups in total. The van der Waals surface area contributed by atoms with Crippen molar-refractivity contribution in [2.75, 3.05) is 6.61 Å². The van der Waals surface area contributed by atoms with Gasteiger partial charge in [0.25, 0.3) is 0 Å². The number of nitrogens with one attached hydrogen (secondary N) is 1. The van der Waals surface area contributed by atoms with E-state index >= 15 is 0 Å². The zero-order valence-electron chi connectivity index (χ0n) is 15.1. The summed E-state index contributed by atoms with van der Waals surface area (Å²) >= 11 is 0. The molecule has 0 atom stereocenters. The van der Waals surface area contributed by atoms with Crippen LogP contribution in [0.5, 0.6) is 0 Å². The Morgan fingerprint density at radius 2 is 1.40 bits per heavy atom. The van der Waals surface area contributed by atoms with Gasteiger partial charge in [-0.3, -0.25) is 0 Å². The molecule has 3 rings (SSSR count). The molecule has 3 aromatic rings. The van der Waals surface area contributed by atoms with E-state index in [1.54, 1.807) is 0 Å². The maximum Gasteiger partial charge on any atom is 0.340 e. The van der Waals surface area contributed by atoms with Crippen molar-refractivity contribution in [1.82, 2.24) is 4.98 Å². The molecule has 0 bridgehead atoms. The molecule has 0 aliphatic rings. The highest BCUT2D eigenvalue weighted by molar-refractivity contribution is 6.03. The fraction of sp³-hybridized carbons (Fsp3) is 0.227. The molecular weight excluding hydrogens is 310 g/mol. The van der Waals surface area contributed by atoms with Crippen LogP contribution in [-0.4, -0.2) is 17.6 Å². The summed E-state index contributed by atoms with van der Waals surface area (Å²) < 4.78 is 5.30. The molecule has 0 aliphatic heterocycles. The molecule has 2 aromatic carbocycles.